The van der Waals surface area contributed by atoms with Crippen molar-refractivity contribution in [2.75, 3.05) is 18.8 Å². The van der Waals surface area contributed by atoms with Crippen LogP contribution in [0.3, 0.4) is 0 Å². The topological polar surface area (TPSA) is 46.3 Å². The van der Waals surface area contributed by atoms with Crippen molar-refractivity contribution in [2.45, 2.75) is 13.3 Å². The van der Waals surface area contributed by atoms with Gasteiger partial charge in [0.05, 0.1) is 5.69 Å². The van der Waals surface area contributed by atoms with E-state index in [0.29, 0.717) is 16.5 Å². The number of carbonyl (C=O) groups is 1. The van der Waals surface area contributed by atoms with Crippen molar-refractivity contribution in [3.05, 3.63) is 16.3 Å². The summed E-state index contributed by atoms with van der Waals surface area (Å²) in [6.07, 6.45) is 1.16. The van der Waals surface area contributed by atoms with Gasteiger partial charge in [-0.25, -0.2) is 0 Å². The lowest BCUT2D eigenvalue weighted by Gasteiger charge is -2.38. The highest BCUT2D eigenvalue weighted by Crippen LogP contribution is 2.26. The van der Waals surface area contributed by atoms with Crippen LogP contribution in [0.1, 0.15) is 23.0 Å². The van der Waals surface area contributed by atoms with Crippen molar-refractivity contribution in [1.82, 2.24) is 4.90 Å². The molecule has 1 saturated heterocycles. The predicted octanol–water partition coefficient (Wildman–Crippen LogP) is 1.81. The lowest BCUT2D eigenvalue weighted by Crippen LogP contribution is -2.49. The number of nitrogens with two attached hydrogens (primary N) is 1. The number of amides is 1. The van der Waals surface area contributed by atoms with Gasteiger partial charge >= 0.3 is 0 Å². The molecule has 0 unspecified atom stereocenters. The Labute approximate surface area is 87.5 Å². The molecule has 4 heteroatoms. The molecule has 76 valence electrons. The molecular weight excluding hydrogens is 196 g/mol. The molecule has 0 saturated carbocycles. The minimum absolute atomic E-state index is 0.0993. The first kappa shape index (κ1) is 9.52. The van der Waals surface area contributed by atoms with Gasteiger partial charge in [-0.15, -0.1) is 11.3 Å². The Hall–Kier alpha value is -1.03. The number of hydrogen-bond acceptors (Lipinski definition) is 3. The van der Waals surface area contributed by atoms with Crippen LogP contribution >= 0.6 is 11.3 Å². The molecule has 0 aliphatic carbocycles. The quantitative estimate of drug-likeness (QED) is 0.809. The van der Waals surface area contributed by atoms with Crippen LogP contribution in [0, 0.1) is 5.92 Å². The Morgan fingerprint density at radius 2 is 2.43 bits per heavy atom. The summed E-state index contributed by atoms with van der Waals surface area (Å²) in [4.78, 5) is 14.4. The number of nitrogen functional groups attached to an aromatic ring is 1. The van der Waals surface area contributed by atoms with E-state index >= 15 is 0 Å². The van der Waals surface area contributed by atoms with E-state index in [1.165, 1.54) is 11.3 Å². The van der Waals surface area contributed by atoms with Crippen LogP contribution in [0.4, 0.5) is 5.69 Å². The van der Waals surface area contributed by atoms with Crippen LogP contribution in [0.2, 0.25) is 0 Å². The molecule has 0 bridgehead atoms. The molecule has 2 rings (SSSR count). The molecule has 14 heavy (non-hydrogen) atoms. The zero-order chi connectivity index (χ0) is 10.1. The molecule has 0 atom stereocenters. The van der Waals surface area contributed by atoms with Gasteiger partial charge in [0.2, 0.25) is 0 Å². The summed E-state index contributed by atoms with van der Waals surface area (Å²) in [6, 6.07) is 1.79. The van der Waals surface area contributed by atoms with Gasteiger partial charge < -0.3 is 10.6 Å². The van der Waals surface area contributed by atoms with Crippen LogP contribution in [0.25, 0.3) is 0 Å². The summed E-state index contributed by atoms with van der Waals surface area (Å²) in [5.74, 6) is 0.794. The van der Waals surface area contributed by atoms with Crippen LogP contribution in [0.15, 0.2) is 11.4 Å². The minimum Gasteiger partial charge on any atom is -0.397 e. The summed E-state index contributed by atoms with van der Waals surface area (Å²) in [5, 5.41) is 1.86. The smallest absolute Gasteiger partial charge is 0.266 e. The van der Waals surface area contributed by atoms with E-state index in [2.05, 4.69) is 6.92 Å². The van der Waals surface area contributed by atoms with E-state index in [-0.39, 0.29) is 5.91 Å². The van der Waals surface area contributed by atoms with E-state index < -0.39 is 0 Å². The number of rotatable bonds is 2. The van der Waals surface area contributed by atoms with Gasteiger partial charge in [0.1, 0.15) is 4.88 Å². The number of hydrogen-bond donors (Lipinski definition) is 1. The summed E-state index contributed by atoms with van der Waals surface area (Å²) in [7, 11) is 0. The largest absolute Gasteiger partial charge is 0.397 e. The molecule has 1 aliphatic rings. The molecule has 0 radical (unpaired) electrons. The second kappa shape index (κ2) is 3.61. The zero-order valence-corrected chi connectivity index (χ0v) is 9.01. The van der Waals surface area contributed by atoms with Crippen LogP contribution < -0.4 is 5.73 Å². The Kier molecular flexibility index (Phi) is 2.46. The van der Waals surface area contributed by atoms with Gasteiger partial charge in [-0.05, 0) is 23.8 Å². The maximum Gasteiger partial charge on any atom is 0.266 e. The van der Waals surface area contributed by atoms with E-state index in [0.717, 1.165) is 19.5 Å². The second-order valence-corrected chi connectivity index (χ2v) is 4.61. The van der Waals surface area contributed by atoms with E-state index in [1.807, 2.05) is 10.3 Å². The van der Waals surface area contributed by atoms with Gasteiger partial charge in [-0.3, -0.25) is 4.79 Å². The fourth-order valence-corrected chi connectivity index (χ4v) is 2.42. The van der Waals surface area contributed by atoms with Crippen LogP contribution in [0.5, 0.6) is 0 Å². The lowest BCUT2D eigenvalue weighted by molar-refractivity contribution is 0.0500. The third-order valence-corrected chi connectivity index (χ3v) is 3.63. The van der Waals surface area contributed by atoms with Crippen LogP contribution in [-0.2, 0) is 0 Å². The molecule has 2 N–H and O–H groups in total. The van der Waals surface area contributed by atoms with Gasteiger partial charge in [-0.2, -0.15) is 0 Å². The highest BCUT2D eigenvalue weighted by atomic mass is 32.1. The Morgan fingerprint density at radius 3 is 2.93 bits per heavy atom. The number of carbonyl (C=O) groups excluding carboxylic acids is 1. The summed E-state index contributed by atoms with van der Waals surface area (Å²) in [5.41, 5.74) is 6.30. The fraction of sp³-hybridized carbons (Fsp3) is 0.500. The predicted molar refractivity (Wildman–Crippen MR) is 58.4 cm³/mol. The van der Waals surface area contributed by atoms with Crippen molar-refractivity contribution in [2.24, 2.45) is 5.92 Å². The summed E-state index contributed by atoms with van der Waals surface area (Å²) >= 11 is 1.43. The fourth-order valence-electron chi connectivity index (χ4n) is 1.63. The number of anilines is 1. The first-order chi connectivity index (χ1) is 6.72. The summed E-state index contributed by atoms with van der Waals surface area (Å²) < 4.78 is 0. The maximum absolute atomic E-state index is 11.8. The molecule has 1 aliphatic heterocycles. The number of likely N-dealkylation sites (tertiary alicyclic amines) is 1. The summed E-state index contributed by atoms with van der Waals surface area (Å²) in [6.45, 7) is 3.95. The Morgan fingerprint density at radius 1 is 1.71 bits per heavy atom. The zero-order valence-electron chi connectivity index (χ0n) is 8.19. The van der Waals surface area contributed by atoms with Gasteiger partial charge in [0, 0.05) is 13.1 Å². The monoisotopic (exact) mass is 210 g/mol. The molecule has 1 aromatic heterocycles. The molecule has 3 nitrogen and oxygen atoms in total. The average molecular weight is 210 g/mol. The lowest BCUT2D eigenvalue weighted by atomic mass is 9.97. The molecule has 0 aromatic carbocycles. The van der Waals surface area contributed by atoms with Crippen molar-refractivity contribution in [3.63, 3.8) is 0 Å². The standard InChI is InChI=1S/C10H14N2OS/c1-2-7-5-12(6-7)10(13)9-8(11)3-4-14-9/h3-4,7H,2,5-6,11H2,1H3. The Bertz CT molecular complexity index is 342. The third-order valence-electron chi connectivity index (χ3n) is 2.71. The van der Waals surface area contributed by atoms with Crippen molar-refractivity contribution < 1.29 is 4.79 Å². The average Bonchev–Trinajstić information content (AvgIpc) is 2.49. The first-order valence-electron chi connectivity index (χ1n) is 4.84. The highest BCUT2D eigenvalue weighted by Gasteiger charge is 2.30. The maximum atomic E-state index is 11.8. The molecular formula is C10H14N2OS. The molecule has 0 spiro atoms. The highest BCUT2D eigenvalue weighted by molar-refractivity contribution is 7.12. The normalized spacial score (nSPS) is 16.8. The third kappa shape index (κ3) is 1.50. The SMILES string of the molecule is CCC1CN(C(=O)c2sccc2N)C1. The van der Waals surface area contributed by atoms with E-state index in [4.69, 9.17) is 5.73 Å². The van der Waals surface area contributed by atoms with Crippen molar-refractivity contribution >= 4 is 22.9 Å². The number of thiophene rings is 1. The second-order valence-electron chi connectivity index (χ2n) is 3.69. The first-order valence-corrected chi connectivity index (χ1v) is 5.72. The number of nitrogens with zero attached hydrogens (tertiary/aromatic N) is 1. The molecule has 1 fully saturated rings. The van der Waals surface area contributed by atoms with Crippen molar-refractivity contribution in [3.8, 4) is 0 Å². The van der Waals surface area contributed by atoms with Crippen LogP contribution in [-0.4, -0.2) is 23.9 Å². The minimum atomic E-state index is 0.0993. The van der Waals surface area contributed by atoms with E-state index in [1.54, 1.807) is 6.07 Å². The van der Waals surface area contributed by atoms with Gasteiger partial charge in [-0.1, -0.05) is 6.92 Å². The van der Waals surface area contributed by atoms with Gasteiger partial charge in [0.15, 0.2) is 0 Å². The molecule has 2 heterocycles. The molecule has 1 amide bonds. The van der Waals surface area contributed by atoms with Crippen molar-refractivity contribution in [1.29, 1.82) is 0 Å². The molecule has 1 aromatic rings. The van der Waals surface area contributed by atoms with Gasteiger partial charge in [0.25, 0.3) is 5.91 Å². The Balaban J connectivity index is 2.01. The van der Waals surface area contributed by atoms with E-state index in [9.17, 15) is 4.79 Å².